The number of hydrogen-bond acceptors (Lipinski definition) is 4. The van der Waals surface area contributed by atoms with Gasteiger partial charge in [0, 0.05) is 32.4 Å². The van der Waals surface area contributed by atoms with Crippen molar-refractivity contribution >= 4 is 5.91 Å². The number of hydrogen-bond donors (Lipinski definition) is 1. The lowest BCUT2D eigenvalue weighted by Gasteiger charge is -2.26. The van der Waals surface area contributed by atoms with Gasteiger partial charge in [-0.3, -0.25) is 4.79 Å². The van der Waals surface area contributed by atoms with Crippen LogP contribution in [0.25, 0.3) is 0 Å². The molecule has 1 N–H and O–H groups in total. The fourth-order valence-electron chi connectivity index (χ4n) is 1.87. The zero-order valence-electron chi connectivity index (χ0n) is 11.3. The Kier molecular flexibility index (Phi) is 6.23. The predicted octanol–water partition coefficient (Wildman–Crippen LogP) is 0.558. The van der Waals surface area contributed by atoms with Crippen molar-refractivity contribution < 1.29 is 4.79 Å². The summed E-state index contributed by atoms with van der Waals surface area (Å²) >= 11 is 0. The van der Waals surface area contributed by atoms with E-state index in [0.29, 0.717) is 0 Å². The van der Waals surface area contributed by atoms with E-state index in [1.165, 1.54) is 6.42 Å². The Bertz CT molecular complexity index is 337. The van der Waals surface area contributed by atoms with Gasteiger partial charge in [0.25, 0.3) is 5.91 Å². The Balaban J connectivity index is 2.46. The summed E-state index contributed by atoms with van der Waals surface area (Å²) in [6, 6.07) is 1.98. The van der Waals surface area contributed by atoms with Crippen molar-refractivity contribution in [3.05, 3.63) is 11.8 Å². The minimum absolute atomic E-state index is 0.144. The van der Waals surface area contributed by atoms with Crippen LogP contribution >= 0.6 is 0 Å². The number of carbonyl (C=O) groups excluding carboxylic acids is 1. The Hall–Kier alpha value is -1.54. The van der Waals surface area contributed by atoms with E-state index in [9.17, 15) is 4.79 Å². The summed E-state index contributed by atoms with van der Waals surface area (Å²) in [6.45, 7) is 3.14. The van der Waals surface area contributed by atoms with E-state index in [2.05, 4.69) is 5.32 Å². The van der Waals surface area contributed by atoms with Crippen molar-refractivity contribution in [3.63, 3.8) is 0 Å². The summed E-state index contributed by atoms with van der Waals surface area (Å²) in [7, 11) is 3.96. The van der Waals surface area contributed by atoms with Gasteiger partial charge in [0.15, 0.2) is 0 Å². The fourth-order valence-corrected chi connectivity index (χ4v) is 1.87. The van der Waals surface area contributed by atoms with E-state index in [1.54, 1.807) is 11.1 Å². The zero-order chi connectivity index (χ0) is 13.4. The van der Waals surface area contributed by atoms with E-state index in [0.717, 1.165) is 39.0 Å². The van der Waals surface area contributed by atoms with Gasteiger partial charge < -0.3 is 15.1 Å². The lowest BCUT2D eigenvalue weighted by Crippen LogP contribution is -2.36. The number of carbonyl (C=O) groups is 1. The first-order valence-electron chi connectivity index (χ1n) is 6.43. The van der Waals surface area contributed by atoms with Gasteiger partial charge in [0.05, 0.1) is 0 Å². The van der Waals surface area contributed by atoms with Crippen LogP contribution in [0.3, 0.4) is 0 Å². The van der Waals surface area contributed by atoms with Crippen LogP contribution < -0.4 is 5.32 Å². The molecule has 1 aliphatic rings. The van der Waals surface area contributed by atoms with Crippen LogP contribution in [-0.2, 0) is 4.79 Å². The SMILES string of the molecule is CN(C)CCN/C=C(/C#N)C(=O)N1CCCCC1. The summed E-state index contributed by atoms with van der Waals surface area (Å²) < 4.78 is 0. The lowest BCUT2D eigenvalue weighted by molar-refractivity contribution is -0.127. The number of nitriles is 1. The highest BCUT2D eigenvalue weighted by atomic mass is 16.2. The molecule has 5 nitrogen and oxygen atoms in total. The van der Waals surface area contributed by atoms with Crippen molar-refractivity contribution in [1.82, 2.24) is 15.1 Å². The Morgan fingerprint density at radius 1 is 1.39 bits per heavy atom. The van der Waals surface area contributed by atoms with Crippen LogP contribution in [0.15, 0.2) is 11.8 Å². The monoisotopic (exact) mass is 250 g/mol. The highest BCUT2D eigenvalue weighted by molar-refractivity contribution is 5.97. The van der Waals surface area contributed by atoms with Gasteiger partial charge in [-0.1, -0.05) is 0 Å². The second-order valence-electron chi connectivity index (χ2n) is 4.78. The number of likely N-dealkylation sites (tertiary alicyclic amines) is 1. The molecule has 0 unspecified atom stereocenters. The molecule has 1 fully saturated rings. The average Bonchev–Trinajstić information content (AvgIpc) is 2.39. The third-order valence-electron chi connectivity index (χ3n) is 2.94. The lowest BCUT2D eigenvalue weighted by atomic mass is 10.1. The van der Waals surface area contributed by atoms with E-state index < -0.39 is 0 Å². The van der Waals surface area contributed by atoms with E-state index in [4.69, 9.17) is 5.26 Å². The molecule has 1 aliphatic heterocycles. The standard InChI is InChI=1S/C13H22N4O/c1-16(2)9-6-15-11-12(10-14)13(18)17-7-4-3-5-8-17/h11,15H,3-9H2,1-2H3/b12-11-. The van der Waals surface area contributed by atoms with Crippen molar-refractivity contribution in [2.75, 3.05) is 40.3 Å². The molecule has 0 spiro atoms. The van der Waals surface area contributed by atoms with Crippen LogP contribution in [0.1, 0.15) is 19.3 Å². The van der Waals surface area contributed by atoms with Gasteiger partial charge in [-0.05, 0) is 33.4 Å². The van der Waals surface area contributed by atoms with Gasteiger partial charge >= 0.3 is 0 Å². The van der Waals surface area contributed by atoms with E-state index in [-0.39, 0.29) is 11.5 Å². The predicted molar refractivity (Wildman–Crippen MR) is 70.7 cm³/mol. The maximum atomic E-state index is 12.0. The molecule has 100 valence electrons. The fraction of sp³-hybridized carbons (Fsp3) is 0.692. The minimum Gasteiger partial charge on any atom is -0.388 e. The molecule has 18 heavy (non-hydrogen) atoms. The van der Waals surface area contributed by atoms with Crippen molar-refractivity contribution in [2.24, 2.45) is 0 Å². The van der Waals surface area contributed by atoms with Crippen LogP contribution in [0.5, 0.6) is 0 Å². The van der Waals surface area contributed by atoms with Crippen LogP contribution in [-0.4, -0.2) is 56.0 Å². The normalized spacial score (nSPS) is 16.6. The molecular weight excluding hydrogens is 228 g/mol. The molecule has 0 aliphatic carbocycles. The Labute approximate surface area is 109 Å². The second kappa shape index (κ2) is 7.72. The first-order chi connectivity index (χ1) is 8.65. The summed E-state index contributed by atoms with van der Waals surface area (Å²) in [5, 5.41) is 12.0. The molecule has 0 bridgehead atoms. The summed E-state index contributed by atoms with van der Waals surface area (Å²) in [4.78, 5) is 15.9. The molecular formula is C13H22N4O. The molecule has 0 saturated carbocycles. The van der Waals surface area contributed by atoms with Gasteiger partial charge in [-0.15, -0.1) is 0 Å². The number of amides is 1. The van der Waals surface area contributed by atoms with Crippen molar-refractivity contribution in [1.29, 1.82) is 5.26 Å². The van der Waals surface area contributed by atoms with Gasteiger partial charge in [-0.2, -0.15) is 5.26 Å². The largest absolute Gasteiger partial charge is 0.388 e. The second-order valence-corrected chi connectivity index (χ2v) is 4.78. The van der Waals surface area contributed by atoms with Crippen molar-refractivity contribution in [2.45, 2.75) is 19.3 Å². The Morgan fingerprint density at radius 2 is 2.06 bits per heavy atom. The third kappa shape index (κ3) is 4.76. The summed E-state index contributed by atoms with van der Waals surface area (Å²) in [5.41, 5.74) is 0.204. The minimum atomic E-state index is -0.144. The van der Waals surface area contributed by atoms with E-state index in [1.807, 2.05) is 25.1 Å². The third-order valence-corrected chi connectivity index (χ3v) is 2.94. The number of likely N-dealkylation sites (N-methyl/N-ethyl adjacent to an activating group) is 1. The van der Waals surface area contributed by atoms with E-state index >= 15 is 0 Å². The van der Waals surface area contributed by atoms with Gasteiger partial charge in [0.1, 0.15) is 11.6 Å². The average molecular weight is 250 g/mol. The molecule has 0 aromatic heterocycles. The molecule has 5 heteroatoms. The summed E-state index contributed by atoms with van der Waals surface area (Å²) in [5.74, 6) is -0.144. The van der Waals surface area contributed by atoms with Crippen LogP contribution in [0.2, 0.25) is 0 Å². The molecule has 1 rings (SSSR count). The topological polar surface area (TPSA) is 59.4 Å². The van der Waals surface area contributed by atoms with Gasteiger partial charge in [0.2, 0.25) is 0 Å². The van der Waals surface area contributed by atoms with Crippen LogP contribution in [0.4, 0.5) is 0 Å². The van der Waals surface area contributed by atoms with Crippen LogP contribution in [0, 0.1) is 11.3 Å². The van der Waals surface area contributed by atoms with Gasteiger partial charge in [-0.25, -0.2) is 0 Å². The quantitative estimate of drug-likeness (QED) is 0.440. The molecule has 0 aromatic carbocycles. The maximum absolute atomic E-state index is 12.0. The smallest absolute Gasteiger partial charge is 0.265 e. The van der Waals surface area contributed by atoms with Crippen molar-refractivity contribution in [3.8, 4) is 6.07 Å². The summed E-state index contributed by atoms with van der Waals surface area (Å²) in [6.07, 6.45) is 4.80. The number of nitrogens with zero attached hydrogens (tertiary/aromatic N) is 3. The number of rotatable bonds is 5. The molecule has 1 amide bonds. The molecule has 1 heterocycles. The highest BCUT2D eigenvalue weighted by Crippen LogP contribution is 2.11. The zero-order valence-corrected chi connectivity index (χ0v) is 11.3. The Morgan fingerprint density at radius 3 is 2.61 bits per heavy atom. The highest BCUT2D eigenvalue weighted by Gasteiger charge is 2.19. The maximum Gasteiger partial charge on any atom is 0.265 e. The number of piperidine rings is 1. The molecule has 1 saturated heterocycles. The first kappa shape index (κ1) is 14.5. The molecule has 0 aromatic rings. The molecule has 0 atom stereocenters. The molecule has 0 radical (unpaired) electrons. The first-order valence-corrected chi connectivity index (χ1v) is 6.43. The number of nitrogens with one attached hydrogen (secondary N) is 1.